The summed E-state index contributed by atoms with van der Waals surface area (Å²) in [7, 11) is 7.74. The third-order valence-electron chi connectivity index (χ3n) is 3.85. The highest BCUT2D eigenvalue weighted by molar-refractivity contribution is 5.91. The Morgan fingerprint density at radius 1 is 0.769 bits per heavy atom. The average Bonchev–Trinajstić information content (AvgIpc) is 2.70. The lowest BCUT2D eigenvalue weighted by molar-refractivity contribution is 0.324. The summed E-state index contributed by atoms with van der Waals surface area (Å²) in [5.74, 6) is 2.64. The maximum Gasteiger partial charge on any atom is 0.203 e. The quantitative estimate of drug-likeness (QED) is 0.556. The first-order chi connectivity index (χ1) is 12.6. The van der Waals surface area contributed by atoms with Gasteiger partial charge in [-0.3, -0.25) is 0 Å². The summed E-state index contributed by atoms with van der Waals surface area (Å²) >= 11 is 0. The highest BCUT2D eigenvalue weighted by atomic mass is 16.5. The summed E-state index contributed by atoms with van der Waals surface area (Å²) in [5, 5.41) is 9.63. The Hall–Kier alpha value is -3.33. The Kier molecular flexibility index (Phi) is 6.34. The first kappa shape index (κ1) is 19.0. The van der Waals surface area contributed by atoms with Crippen LogP contribution in [0.5, 0.6) is 28.7 Å². The molecule has 0 fully saturated rings. The fraction of sp³-hybridized carbons (Fsp3) is 0.250. The van der Waals surface area contributed by atoms with Crippen LogP contribution in [-0.4, -0.2) is 35.5 Å². The normalized spacial score (nSPS) is 10.7. The molecule has 0 N–H and O–H groups in total. The van der Waals surface area contributed by atoms with Crippen LogP contribution >= 0.6 is 0 Å². The van der Waals surface area contributed by atoms with E-state index in [1.807, 2.05) is 0 Å². The van der Waals surface area contributed by atoms with Gasteiger partial charge in [-0.2, -0.15) is 5.26 Å². The van der Waals surface area contributed by atoms with Gasteiger partial charge >= 0.3 is 0 Å². The van der Waals surface area contributed by atoms with E-state index in [0.29, 0.717) is 45.4 Å². The van der Waals surface area contributed by atoms with Crippen molar-refractivity contribution in [1.82, 2.24) is 0 Å². The molecule has 0 spiro atoms. The molecule has 6 nitrogen and oxygen atoms in total. The number of hydrogen-bond donors (Lipinski definition) is 0. The van der Waals surface area contributed by atoms with Gasteiger partial charge in [0.25, 0.3) is 0 Å². The summed E-state index contributed by atoms with van der Waals surface area (Å²) < 4.78 is 26.7. The van der Waals surface area contributed by atoms with E-state index in [0.717, 1.165) is 0 Å². The number of benzene rings is 2. The van der Waals surface area contributed by atoms with Crippen LogP contribution in [-0.2, 0) is 0 Å². The van der Waals surface area contributed by atoms with Gasteiger partial charge < -0.3 is 23.7 Å². The van der Waals surface area contributed by atoms with Crippen molar-refractivity contribution >= 4 is 11.6 Å². The van der Waals surface area contributed by atoms with Gasteiger partial charge in [-0.05, 0) is 42.0 Å². The standard InChI is InChI=1S/C20H21NO5/c1-22-16-8-6-13(11-18(16)24-3)15(12-21)10-14-7-9-17(23-2)20(26-5)19(14)25-4/h6-11H,1-5H3. The molecule has 0 aliphatic heterocycles. The largest absolute Gasteiger partial charge is 0.493 e. The van der Waals surface area contributed by atoms with Crippen LogP contribution in [0, 0.1) is 11.3 Å². The van der Waals surface area contributed by atoms with Crippen LogP contribution in [0.4, 0.5) is 0 Å². The second-order valence-corrected chi connectivity index (χ2v) is 5.16. The SMILES string of the molecule is COc1ccc(C(C#N)=Cc2ccc(OC)c(OC)c2OC)cc1OC. The van der Waals surface area contributed by atoms with Gasteiger partial charge in [0.2, 0.25) is 5.75 Å². The van der Waals surface area contributed by atoms with E-state index in [9.17, 15) is 5.26 Å². The monoisotopic (exact) mass is 355 g/mol. The second-order valence-electron chi connectivity index (χ2n) is 5.16. The van der Waals surface area contributed by atoms with Crippen LogP contribution in [0.3, 0.4) is 0 Å². The summed E-state index contributed by atoms with van der Waals surface area (Å²) in [6.07, 6.45) is 1.72. The topological polar surface area (TPSA) is 69.9 Å². The Morgan fingerprint density at radius 3 is 1.92 bits per heavy atom. The van der Waals surface area contributed by atoms with Gasteiger partial charge in [0.1, 0.15) is 0 Å². The molecule has 0 unspecified atom stereocenters. The lowest BCUT2D eigenvalue weighted by Crippen LogP contribution is -1.97. The third kappa shape index (κ3) is 3.67. The van der Waals surface area contributed by atoms with Crippen molar-refractivity contribution in [2.45, 2.75) is 0 Å². The molecule has 0 saturated heterocycles. The van der Waals surface area contributed by atoms with E-state index in [-0.39, 0.29) is 0 Å². The molecule has 0 radical (unpaired) electrons. The highest BCUT2D eigenvalue weighted by Gasteiger charge is 2.16. The van der Waals surface area contributed by atoms with Gasteiger partial charge in [0.15, 0.2) is 23.0 Å². The fourth-order valence-electron chi connectivity index (χ4n) is 2.58. The Morgan fingerprint density at radius 2 is 1.38 bits per heavy atom. The van der Waals surface area contributed by atoms with E-state index in [1.54, 1.807) is 57.7 Å². The van der Waals surface area contributed by atoms with Gasteiger partial charge in [-0.1, -0.05) is 0 Å². The maximum absolute atomic E-state index is 9.63. The number of ether oxygens (including phenoxy) is 5. The number of nitrogens with zero attached hydrogens (tertiary/aromatic N) is 1. The average molecular weight is 355 g/mol. The zero-order valence-corrected chi connectivity index (χ0v) is 15.5. The predicted molar refractivity (Wildman–Crippen MR) is 99.1 cm³/mol. The number of allylic oxidation sites excluding steroid dienone is 1. The second kappa shape index (κ2) is 8.67. The minimum atomic E-state index is 0.441. The fourth-order valence-corrected chi connectivity index (χ4v) is 2.58. The number of methoxy groups -OCH3 is 5. The lowest BCUT2D eigenvalue weighted by atomic mass is 10.0. The zero-order chi connectivity index (χ0) is 19.1. The maximum atomic E-state index is 9.63. The molecule has 0 aliphatic carbocycles. The summed E-state index contributed by atoms with van der Waals surface area (Å²) in [6, 6.07) is 11.1. The van der Waals surface area contributed by atoms with E-state index in [4.69, 9.17) is 23.7 Å². The van der Waals surface area contributed by atoms with Crippen molar-refractivity contribution in [1.29, 1.82) is 5.26 Å². The molecule has 6 heteroatoms. The van der Waals surface area contributed by atoms with Crippen molar-refractivity contribution in [2.24, 2.45) is 0 Å². The molecule has 2 rings (SSSR count). The lowest BCUT2D eigenvalue weighted by Gasteiger charge is -2.14. The molecule has 136 valence electrons. The van der Waals surface area contributed by atoms with Crippen LogP contribution in [0.1, 0.15) is 11.1 Å². The molecule has 2 aromatic carbocycles. The number of rotatable bonds is 7. The Balaban J connectivity index is 2.58. The van der Waals surface area contributed by atoms with Crippen LogP contribution < -0.4 is 23.7 Å². The van der Waals surface area contributed by atoms with Gasteiger partial charge in [-0.25, -0.2) is 0 Å². The Bertz CT molecular complexity index is 852. The zero-order valence-electron chi connectivity index (χ0n) is 15.5. The molecule has 0 saturated carbocycles. The van der Waals surface area contributed by atoms with E-state index < -0.39 is 0 Å². The molecule has 0 aromatic heterocycles. The molecule has 0 heterocycles. The first-order valence-electron chi connectivity index (χ1n) is 7.76. The van der Waals surface area contributed by atoms with E-state index in [2.05, 4.69) is 6.07 Å². The van der Waals surface area contributed by atoms with Crippen molar-refractivity contribution < 1.29 is 23.7 Å². The highest BCUT2D eigenvalue weighted by Crippen LogP contribution is 2.41. The minimum absolute atomic E-state index is 0.441. The van der Waals surface area contributed by atoms with Crippen LogP contribution in [0.15, 0.2) is 30.3 Å². The molecule has 0 amide bonds. The van der Waals surface area contributed by atoms with Crippen molar-refractivity contribution in [3.8, 4) is 34.8 Å². The van der Waals surface area contributed by atoms with Crippen LogP contribution in [0.2, 0.25) is 0 Å². The summed E-state index contributed by atoms with van der Waals surface area (Å²) in [6.45, 7) is 0. The molecule has 0 aliphatic rings. The molecule has 26 heavy (non-hydrogen) atoms. The van der Waals surface area contributed by atoms with Crippen molar-refractivity contribution in [2.75, 3.05) is 35.5 Å². The van der Waals surface area contributed by atoms with E-state index >= 15 is 0 Å². The number of hydrogen-bond acceptors (Lipinski definition) is 6. The van der Waals surface area contributed by atoms with Crippen LogP contribution in [0.25, 0.3) is 11.6 Å². The smallest absolute Gasteiger partial charge is 0.203 e. The Labute approximate surface area is 153 Å². The third-order valence-corrected chi connectivity index (χ3v) is 3.85. The van der Waals surface area contributed by atoms with Gasteiger partial charge in [-0.15, -0.1) is 0 Å². The predicted octanol–water partition coefficient (Wildman–Crippen LogP) is 3.79. The van der Waals surface area contributed by atoms with Crippen molar-refractivity contribution in [3.05, 3.63) is 41.5 Å². The van der Waals surface area contributed by atoms with Gasteiger partial charge in [0.05, 0.1) is 47.2 Å². The summed E-state index contributed by atoms with van der Waals surface area (Å²) in [4.78, 5) is 0. The molecular formula is C20H21NO5. The van der Waals surface area contributed by atoms with Crippen molar-refractivity contribution in [3.63, 3.8) is 0 Å². The molecule has 0 bridgehead atoms. The first-order valence-corrected chi connectivity index (χ1v) is 7.76. The molecular weight excluding hydrogens is 334 g/mol. The number of nitriles is 1. The van der Waals surface area contributed by atoms with E-state index in [1.165, 1.54) is 14.2 Å². The summed E-state index contributed by atoms with van der Waals surface area (Å²) in [5.41, 5.74) is 1.83. The molecule has 2 aromatic rings. The molecule has 0 atom stereocenters. The minimum Gasteiger partial charge on any atom is -0.493 e. The van der Waals surface area contributed by atoms with Gasteiger partial charge in [0, 0.05) is 5.56 Å².